The predicted molar refractivity (Wildman–Crippen MR) is 97.8 cm³/mol. The normalized spacial score (nSPS) is 14.5. The summed E-state index contributed by atoms with van der Waals surface area (Å²) in [5.74, 6) is -0.489. The minimum absolute atomic E-state index is 0.0229. The first-order valence-corrected chi connectivity index (χ1v) is 10.6. The summed E-state index contributed by atoms with van der Waals surface area (Å²) in [4.78, 5) is 16.5. The number of hydrogen-bond donors (Lipinski definition) is 2. The van der Waals surface area contributed by atoms with Gasteiger partial charge in [-0.1, -0.05) is 23.2 Å². The predicted octanol–water partition coefficient (Wildman–Crippen LogP) is 3.13. The molecule has 0 radical (unpaired) electrons. The second-order valence-corrected chi connectivity index (χ2v) is 9.16. The van der Waals surface area contributed by atoms with Crippen LogP contribution in [0.5, 0.6) is 0 Å². The number of aromatic nitrogens is 1. The van der Waals surface area contributed by atoms with Crippen molar-refractivity contribution in [1.82, 2.24) is 15.0 Å². The van der Waals surface area contributed by atoms with Gasteiger partial charge in [-0.05, 0) is 31.9 Å². The van der Waals surface area contributed by atoms with Gasteiger partial charge >= 0.3 is 0 Å². The molecule has 0 spiro atoms. The van der Waals surface area contributed by atoms with Crippen molar-refractivity contribution >= 4 is 50.5 Å². The molecule has 10 heteroatoms. The third-order valence-electron chi connectivity index (χ3n) is 3.52. The molecule has 1 aliphatic carbocycles. The summed E-state index contributed by atoms with van der Waals surface area (Å²) < 4.78 is 27.3. The third-order valence-corrected chi connectivity index (χ3v) is 6.79. The number of thiazole rings is 1. The molecule has 1 aromatic carbocycles. The number of amides is 1. The van der Waals surface area contributed by atoms with Crippen molar-refractivity contribution in [2.45, 2.75) is 37.2 Å². The fraction of sp³-hybridized carbons (Fsp3) is 0.333. The number of halogens is 2. The zero-order chi connectivity index (χ0) is 18.2. The van der Waals surface area contributed by atoms with Crippen molar-refractivity contribution in [2.24, 2.45) is 0 Å². The number of hydrogen-bond acceptors (Lipinski definition) is 5. The summed E-state index contributed by atoms with van der Waals surface area (Å²) in [5, 5.41) is 5.38. The molecule has 1 aliphatic rings. The molecule has 134 valence electrons. The first-order chi connectivity index (χ1) is 11.8. The fourth-order valence-electron chi connectivity index (χ4n) is 2.13. The summed E-state index contributed by atoms with van der Waals surface area (Å²) in [5.41, 5.74) is 0.925. The third kappa shape index (κ3) is 4.51. The van der Waals surface area contributed by atoms with Crippen molar-refractivity contribution in [2.75, 3.05) is 0 Å². The fourth-order valence-corrected chi connectivity index (χ4v) is 5.00. The largest absolute Gasteiger partial charge is 0.345 e. The van der Waals surface area contributed by atoms with E-state index in [2.05, 4.69) is 15.0 Å². The van der Waals surface area contributed by atoms with Crippen molar-refractivity contribution < 1.29 is 13.2 Å². The van der Waals surface area contributed by atoms with Crippen molar-refractivity contribution in [3.8, 4) is 0 Å². The first kappa shape index (κ1) is 18.6. The Balaban J connectivity index is 1.82. The number of aryl methyl sites for hydroxylation is 1. The van der Waals surface area contributed by atoms with Crippen LogP contribution in [-0.4, -0.2) is 25.4 Å². The zero-order valence-corrected chi connectivity index (χ0v) is 16.3. The number of sulfonamides is 1. The lowest BCUT2D eigenvalue weighted by molar-refractivity contribution is 0.0951. The van der Waals surface area contributed by atoms with Crippen LogP contribution in [0.2, 0.25) is 10.0 Å². The highest BCUT2D eigenvalue weighted by molar-refractivity contribution is 7.89. The minimum atomic E-state index is -3.80. The second kappa shape index (κ2) is 7.20. The van der Waals surface area contributed by atoms with Gasteiger partial charge in [0.15, 0.2) is 0 Å². The van der Waals surface area contributed by atoms with Crippen LogP contribution < -0.4 is 10.0 Å². The molecule has 0 bridgehead atoms. The Bertz CT molecular complexity index is 924. The van der Waals surface area contributed by atoms with E-state index in [4.69, 9.17) is 23.2 Å². The van der Waals surface area contributed by atoms with Gasteiger partial charge in [-0.3, -0.25) is 4.79 Å². The number of rotatable bonds is 6. The Morgan fingerprint density at radius 1 is 1.32 bits per heavy atom. The van der Waals surface area contributed by atoms with Gasteiger partial charge in [0.05, 0.1) is 22.2 Å². The van der Waals surface area contributed by atoms with Crippen LogP contribution in [0, 0.1) is 6.92 Å². The average Bonchev–Trinajstić information content (AvgIpc) is 3.22. The number of carbonyl (C=O) groups excluding carboxylic acids is 1. The topological polar surface area (TPSA) is 88.2 Å². The van der Waals surface area contributed by atoms with E-state index >= 15 is 0 Å². The van der Waals surface area contributed by atoms with E-state index in [0.717, 1.165) is 23.5 Å². The Hall–Kier alpha value is -1.19. The molecule has 0 atom stereocenters. The van der Waals surface area contributed by atoms with Crippen LogP contribution in [0.25, 0.3) is 0 Å². The van der Waals surface area contributed by atoms with Crippen LogP contribution in [0.15, 0.2) is 22.4 Å². The number of nitrogens with one attached hydrogen (secondary N) is 2. The monoisotopic (exact) mass is 419 g/mol. The molecule has 1 fully saturated rings. The highest BCUT2D eigenvalue weighted by Gasteiger charge is 2.30. The second-order valence-electron chi connectivity index (χ2n) is 5.72. The summed E-state index contributed by atoms with van der Waals surface area (Å²) in [6, 6.07) is 2.41. The summed E-state index contributed by atoms with van der Waals surface area (Å²) >= 11 is 13.5. The molecule has 1 aromatic heterocycles. The van der Waals surface area contributed by atoms with Crippen LogP contribution >= 0.6 is 34.5 Å². The maximum Gasteiger partial charge on any atom is 0.253 e. The van der Waals surface area contributed by atoms with Crippen molar-refractivity contribution in [1.29, 1.82) is 0 Å². The summed E-state index contributed by atoms with van der Waals surface area (Å²) in [6.45, 7) is 2.10. The van der Waals surface area contributed by atoms with Gasteiger partial charge in [-0.25, -0.2) is 18.1 Å². The molecule has 1 amide bonds. The molecule has 6 nitrogen and oxygen atoms in total. The highest BCUT2D eigenvalue weighted by atomic mass is 35.5. The van der Waals surface area contributed by atoms with Crippen LogP contribution in [0.4, 0.5) is 0 Å². The molecule has 2 N–H and O–H groups in total. The molecular weight excluding hydrogens is 405 g/mol. The van der Waals surface area contributed by atoms with E-state index < -0.39 is 15.9 Å². The van der Waals surface area contributed by atoms with Crippen molar-refractivity contribution in [3.63, 3.8) is 0 Å². The molecular formula is C15H15Cl2N3O3S2. The lowest BCUT2D eigenvalue weighted by atomic mass is 10.2. The van der Waals surface area contributed by atoms with Gasteiger partial charge in [0.25, 0.3) is 5.91 Å². The zero-order valence-electron chi connectivity index (χ0n) is 13.2. The van der Waals surface area contributed by atoms with Gasteiger partial charge in [0, 0.05) is 17.1 Å². The van der Waals surface area contributed by atoms with Gasteiger partial charge in [0.1, 0.15) is 9.90 Å². The molecule has 0 unspecified atom stereocenters. The average molecular weight is 420 g/mol. The molecule has 1 saturated carbocycles. The maximum atomic E-state index is 12.4. The van der Waals surface area contributed by atoms with Crippen LogP contribution in [0.3, 0.4) is 0 Å². The quantitative estimate of drug-likeness (QED) is 0.752. The standard InChI is InChI=1S/C15H15Cl2N3O3S2/c1-8-7-24-14(19-8)6-18-15(21)10-4-13(12(17)5-11(10)16)25(22,23)20-9-2-3-9/h4-5,7,9,20H,2-3,6H2,1H3,(H,18,21). The number of benzene rings is 1. The lowest BCUT2D eigenvalue weighted by Gasteiger charge is -2.11. The lowest BCUT2D eigenvalue weighted by Crippen LogP contribution is -2.27. The summed E-state index contributed by atoms with van der Waals surface area (Å²) in [7, 11) is -3.80. The molecule has 1 heterocycles. The van der Waals surface area contributed by atoms with Gasteiger partial charge in [0.2, 0.25) is 10.0 Å². The first-order valence-electron chi connectivity index (χ1n) is 7.47. The van der Waals surface area contributed by atoms with E-state index in [0.29, 0.717) is 0 Å². The highest BCUT2D eigenvalue weighted by Crippen LogP contribution is 2.30. The van der Waals surface area contributed by atoms with Gasteiger partial charge < -0.3 is 5.32 Å². The maximum absolute atomic E-state index is 12.4. The number of carbonyl (C=O) groups is 1. The molecule has 0 saturated heterocycles. The van der Waals surface area contributed by atoms with E-state index in [1.807, 2.05) is 12.3 Å². The Kier molecular flexibility index (Phi) is 5.36. The SMILES string of the molecule is Cc1csc(CNC(=O)c2cc(S(=O)(=O)NC3CC3)c(Cl)cc2Cl)n1. The van der Waals surface area contributed by atoms with Crippen molar-refractivity contribution in [3.05, 3.63) is 43.8 Å². The van der Waals surface area contributed by atoms with E-state index in [-0.39, 0.29) is 33.1 Å². The minimum Gasteiger partial charge on any atom is -0.345 e. The van der Waals surface area contributed by atoms with E-state index in [1.54, 1.807) is 0 Å². The Labute approximate surface area is 159 Å². The van der Waals surface area contributed by atoms with E-state index in [9.17, 15) is 13.2 Å². The Morgan fingerprint density at radius 2 is 2.04 bits per heavy atom. The molecule has 2 aromatic rings. The molecule has 3 rings (SSSR count). The Morgan fingerprint density at radius 3 is 2.64 bits per heavy atom. The molecule has 25 heavy (non-hydrogen) atoms. The van der Waals surface area contributed by atoms with Crippen LogP contribution in [0.1, 0.15) is 33.9 Å². The summed E-state index contributed by atoms with van der Waals surface area (Å²) in [6.07, 6.45) is 1.59. The molecule has 0 aliphatic heterocycles. The van der Waals surface area contributed by atoms with E-state index in [1.165, 1.54) is 23.5 Å². The number of nitrogens with zero attached hydrogens (tertiary/aromatic N) is 1. The van der Waals surface area contributed by atoms with Crippen LogP contribution in [-0.2, 0) is 16.6 Å². The van der Waals surface area contributed by atoms with Gasteiger partial charge in [-0.2, -0.15) is 0 Å². The smallest absolute Gasteiger partial charge is 0.253 e. The van der Waals surface area contributed by atoms with Gasteiger partial charge in [-0.15, -0.1) is 11.3 Å².